The van der Waals surface area contributed by atoms with Crippen molar-refractivity contribution in [3.63, 3.8) is 0 Å². The molecule has 0 saturated heterocycles. The van der Waals surface area contributed by atoms with Crippen LogP contribution in [-0.4, -0.2) is 18.4 Å². The summed E-state index contributed by atoms with van der Waals surface area (Å²) in [7, 11) is 1.60. The molecule has 3 heteroatoms. The van der Waals surface area contributed by atoms with Crippen molar-refractivity contribution in [1.82, 2.24) is 0 Å². The molecule has 0 aromatic heterocycles. The number of hydrogen-bond donors (Lipinski definition) is 1. The van der Waals surface area contributed by atoms with Crippen LogP contribution >= 0.6 is 0 Å². The molecule has 0 atom stereocenters. The molecule has 0 aliphatic heterocycles. The summed E-state index contributed by atoms with van der Waals surface area (Å²) in [5.74, 6) is 0.696. The van der Waals surface area contributed by atoms with Gasteiger partial charge in [0.05, 0.1) is 19.4 Å². The first kappa shape index (κ1) is 12.3. The van der Waals surface area contributed by atoms with Crippen molar-refractivity contribution >= 4 is 11.9 Å². The molecule has 0 bridgehead atoms. The highest BCUT2D eigenvalue weighted by molar-refractivity contribution is 5.81. The Bertz CT molecular complexity index is 513. The van der Waals surface area contributed by atoms with E-state index in [1.807, 2.05) is 42.5 Å². The molecule has 2 rings (SSSR count). The Morgan fingerprint density at radius 1 is 1.17 bits per heavy atom. The fourth-order valence-electron chi connectivity index (χ4n) is 1.62. The maximum absolute atomic E-state index is 9.16. The number of rotatable bonds is 4. The van der Waals surface area contributed by atoms with Crippen LogP contribution in [0.1, 0.15) is 11.1 Å². The van der Waals surface area contributed by atoms with Gasteiger partial charge in [-0.15, -0.1) is 0 Å². The van der Waals surface area contributed by atoms with Gasteiger partial charge in [-0.1, -0.05) is 30.3 Å². The van der Waals surface area contributed by atoms with Gasteiger partial charge in [-0.2, -0.15) is 0 Å². The van der Waals surface area contributed by atoms with Crippen LogP contribution in [0.4, 0.5) is 5.69 Å². The van der Waals surface area contributed by atoms with Gasteiger partial charge in [0.15, 0.2) is 0 Å². The third-order valence-corrected chi connectivity index (χ3v) is 2.53. The first-order chi connectivity index (χ1) is 8.81. The second kappa shape index (κ2) is 5.98. The Morgan fingerprint density at radius 3 is 2.61 bits per heavy atom. The van der Waals surface area contributed by atoms with Crippen LogP contribution in [0.5, 0.6) is 5.75 Å². The molecule has 0 fully saturated rings. The van der Waals surface area contributed by atoms with E-state index in [0.717, 1.165) is 16.8 Å². The maximum atomic E-state index is 9.16. The minimum atomic E-state index is -0.0228. The standard InChI is InChI=1S/C15H15NO2/c1-18-15-8-13(11-17)7-14(9-15)16-10-12-5-3-2-4-6-12/h2-10,17H,11H2,1H3/b16-10+. The first-order valence-corrected chi connectivity index (χ1v) is 5.70. The number of nitrogens with zero attached hydrogens (tertiary/aromatic N) is 1. The molecular weight excluding hydrogens is 226 g/mol. The predicted molar refractivity (Wildman–Crippen MR) is 72.6 cm³/mol. The summed E-state index contributed by atoms with van der Waals surface area (Å²) in [6.07, 6.45) is 1.79. The molecule has 2 aromatic rings. The Hall–Kier alpha value is -2.13. The third-order valence-electron chi connectivity index (χ3n) is 2.53. The molecule has 0 aliphatic rings. The van der Waals surface area contributed by atoms with Crippen molar-refractivity contribution in [2.45, 2.75) is 6.61 Å². The number of aliphatic hydroxyl groups is 1. The smallest absolute Gasteiger partial charge is 0.121 e. The van der Waals surface area contributed by atoms with E-state index in [1.165, 1.54) is 0 Å². The summed E-state index contributed by atoms with van der Waals surface area (Å²) in [5, 5.41) is 9.16. The number of ether oxygens (including phenoxy) is 1. The number of aliphatic hydroxyl groups excluding tert-OH is 1. The molecule has 0 heterocycles. The van der Waals surface area contributed by atoms with Crippen LogP contribution in [0.15, 0.2) is 53.5 Å². The summed E-state index contributed by atoms with van der Waals surface area (Å²) in [5.41, 5.74) is 2.59. The van der Waals surface area contributed by atoms with Crippen molar-refractivity contribution in [1.29, 1.82) is 0 Å². The molecule has 3 nitrogen and oxygen atoms in total. The lowest BCUT2D eigenvalue weighted by atomic mass is 10.2. The summed E-state index contributed by atoms with van der Waals surface area (Å²) in [4.78, 5) is 4.38. The normalized spacial score (nSPS) is 10.8. The van der Waals surface area contributed by atoms with Crippen molar-refractivity contribution < 1.29 is 9.84 Å². The fraction of sp³-hybridized carbons (Fsp3) is 0.133. The number of aliphatic imine (C=N–C) groups is 1. The van der Waals surface area contributed by atoms with Gasteiger partial charge in [-0.25, -0.2) is 0 Å². The molecular formula is C15H15NO2. The van der Waals surface area contributed by atoms with Crippen LogP contribution in [0, 0.1) is 0 Å². The molecule has 0 aliphatic carbocycles. The zero-order valence-electron chi connectivity index (χ0n) is 10.2. The fourth-order valence-corrected chi connectivity index (χ4v) is 1.62. The monoisotopic (exact) mass is 241 g/mol. The Labute approximate surface area is 106 Å². The zero-order chi connectivity index (χ0) is 12.8. The van der Waals surface area contributed by atoms with Crippen molar-refractivity contribution in [3.8, 4) is 5.75 Å². The zero-order valence-corrected chi connectivity index (χ0v) is 10.2. The van der Waals surface area contributed by atoms with Gasteiger partial charge in [0, 0.05) is 12.3 Å². The lowest BCUT2D eigenvalue weighted by Gasteiger charge is -2.04. The van der Waals surface area contributed by atoms with E-state index in [4.69, 9.17) is 9.84 Å². The average Bonchev–Trinajstić information content (AvgIpc) is 2.45. The topological polar surface area (TPSA) is 41.8 Å². The molecule has 18 heavy (non-hydrogen) atoms. The minimum Gasteiger partial charge on any atom is -0.497 e. The highest BCUT2D eigenvalue weighted by atomic mass is 16.5. The molecule has 0 unspecified atom stereocenters. The predicted octanol–water partition coefficient (Wildman–Crippen LogP) is 2.94. The van der Waals surface area contributed by atoms with E-state index in [9.17, 15) is 0 Å². The molecule has 0 radical (unpaired) electrons. The maximum Gasteiger partial charge on any atom is 0.121 e. The van der Waals surface area contributed by atoms with Crippen molar-refractivity contribution in [2.75, 3.05) is 7.11 Å². The Balaban J connectivity index is 2.25. The van der Waals surface area contributed by atoms with Crippen LogP contribution in [0.25, 0.3) is 0 Å². The summed E-state index contributed by atoms with van der Waals surface area (Å²) in [6, 6.07) is 15.3. The van der Waals surface area contributed by atoms with Gasteiger partial charge in [-0.05, 0) is 23.3 Å². The average molecular weight is 241 g/mol. The Morgan fingerprint density at radius 2 is 1.94 bits per heavy atom. The van der Waals surface area contributed by atoms with Gasteiger partial charge >= 0.3 is 0 Å². The molecule has 0 saturated carbocycles. The summed E-state index contributed by atoms with van der Waals surface area (Å²) < 4.78 is 5.16. The molecule has 0 spiro atoms. The van der Waals surface area contributed by atoms with Gasteiger partial charge in [0.2, 0.25) is 0 Å². The van der Waals surface area contributed by atoms with Gasteiger partial charge in [-0.3, -0.25) is 4.99 Å². The number of methoxy groups -OCH3 is 1. The van der Waals surface area contributed by atoms with Crippen LogP contribution in [-0.2, 0) is 6.61 Å². The van der Waals surface area contributed by atoms with Gasteiger partial charge < -0.3 is 9.84 Å². The van der Waals surface area contributed by atoms with E-state index in [0.29, 0.717) is 5.75 Å². The van der Waals surface area contributed by atoms with E-state index in [2.05, 4.69) is 4.99 Å². The summed E-state index contributed by atoms with van der Waals surface area (Å²) in [6.45, 7) is -0.0228. The minimum absolute atomic E-state index is 0.0228. The second-order valence-corrected chi connectivity index (χ2v) is 3.87. The molecule has 92 valence electrons. The van der Waals surface area contributed by atoms with Gasteiger partial charge in [0.1, 0.15) is 5.75 Å². The van der Waals surface area contributed by atoms with E-state index in [-0.39, 0.29) is 6.61 Å². The summed E-state index contributed by atoms with van der Waals surface area (Å²) >= 11 is 0. The van der Waals surface area contributed by atoms with Crippen molar-refractivity contribution in [2.24, 2.45) is 4.99 Å². The van der Waals surface area contributed by atoms with E-state index >= 15 is 0 Å². The molecule has 0 amide bonds. The number of hydrogen-bond acceptors (Lipinski definition) is 3. The largest absolute Gasteiger partial charge is 0.497 e. The van der Waals surface area contributed by atoms with Crippen molar-refractivity contribution in [3.05, 3.63) is 59.7 Å². The quantitative estimate of drug-likeness (QED) is 0.836. The van der Waals surface area contributed by atoms with Crippen LogP contribution in [0.2, 0.25) is 0 Å². The third kappa shape index (κ3) is 3.18. The van der Waals surface area contributed by atoms with Crippen LogP contribution in [0.3, 0.4) is 0 Å². The van der Waals surface area contributed by atoms with Crippen LogP contribution < -0.4 is 4.74 Å². The van der Waals surface area contributed by atoms with Gasteiger partial charge in [0.25, 0.3) is 0 Å². The number of benzene rings is 2. The Kier molecular flexibility index (Phi) is 4.10. The van der Waals surface area contributed by atoms with E-state index < -0.39 is 0 Å². The second-order valence-electron chi connectivity index (χ2n) is 3.87. The molecule has 2 aromatic carbocycles. The highest BCUT2D eigenvalue weighted by Gasteiger charge is 1.99. The highest BCUT2D eigenvalue weighted by Crippen LogP contribution is 2.23. The lowest BCUT2D eigenvalue weighted by Crippen LogP contribution is -1.87. The first-order valence-electron chi connectivity index (χ1n) is 5.70. The molecule has 1 N–H and O–H groups in total. The SMILES string of the molecule is COc1cc(CO)cc(/N=C/c2ccccc2)c1. The lowest BCUT2D eigenvalue weighted by molar-refractivity contribution is 0.281. The van der Waals surface area contributed by atoms with E-state index in [1.54, 1.807) is 19.4 Å².